The van der Waals surface area contributed by atoms with Crippen LogP contribution in [0.1, 0.15) is 34.5 Å². The van der Waals surface area contributed by atoms with E-state index in [4.69, 9.17) is 16.3 Å². The fraction of sp³-hybridized carbons (Fsp3) is 0.185. The molecule has 0 bridgehead atoms. The van der Waals surface area contributed by atoms with Crippen LogP contribution in [0, 0.1) is 3.57 Å². The Bertz CT molecular complexity index is 1440. The number of nitrogens with one attached hydrogen (secondary N) is 1. The minimum atomic E-state index is -1.18. The lowest BCUT2D eigenvalue weighted by Crippen LogP contribution is -2.12. The minimum absolute atomic E-state index is 0.132. The van der Waals surface area contributed by atoms with E-state index in [1.165, 1.54) is 12.1 Å². The molecule has 0 unspecified atom stereocenters. The summed E-state index contributed by atoms with van der Waals surface area (Å²) in [5, 5.41) is 23.4. The molecule has 0 radical (unpaired) electrons. The Morgan fingerprint density at radius 2 is 1.86 bits per heavy atom. The van der Waals surface area contributed by atoms with Crippen LogP contribution in [0.3, 0.4) is 0 Å². The van der Waals surface area contributed by atoms with Gasteiger partial charge in [0.15, 0.2) is 0 Å². The minimum Gasteiger partial charge on any atom is -0.507 e. The molecule has 0 spiro atoms. The second kappa shape index (κ2) is 11.2. The van der Waals surface area contributed by atoms with Crippen LogP contribution < -0.4 is 10.1 Å². The van der Waals surface area contributed by atoms with E-state index in [0.717, 1.165) is 25.7 Å². The van der Waals surface area contributed by atoms with Gasteiger partial charge in [-0.05, 0) is 65.3 Å². The first kappa shape index (κ1) is 25.8. The predicted molar refractivity (Wildman–Crippen MR) is 148 cm³/mol. The molecule has 1 amide bonds. The predicted octanol–water partition coefficient (Wildman–Crippen LogP) is 6.38. The zero-order valence-corrected chi connectivity index (χ0v) is 22.3. The first-order chi connectivity index (χ1) is 17.2. The van der Waals surface area contributed by atoms with Gasteiger partial charge < -0.3 is 24.8 Å². The summed E-state index contributed by atoms with van der Waals surface area (Å²) >= 11 is 8.53. The molecule has 7 nitrogen and oxygen atoms in total. The average Bonchev–Trinajstić information content (AvgIpc) is 3.07. The third-order valence-corrected chi connectivity index (χ3v) is 7.37. The monoisotopic (exact) mass is 618 g/mol. The van der Waals surface area contributed by atoms with Gasteiger partial charge in [0.1, 0.15) is 23.7 Å². The first-order valence-corrected chi connectivity index (χ1v) is 12.7. The fourth-order valence-corrected chi connectivity index (χ4v) is 5.30. The van der Waals surface area contributed by atoms with Crippen molar-refractivity contribution < 1.29 is 24.5 Å². The highest BCUT2D eigenvalue weighted by atomic mass is 127. The number of carbonyl (C=O) groups is 2. The van der Waals surface area contributed by atoms with Crippen LogP contribution in [0.2, 0.25) is 5.02 Å². The summed E-state index contributed by atoms with van der Waals surface area (Å²) in [4.78, 5) is 23.9. The number of hydrogen-bond acceptors (Lipinski definition) is 4. The number of carbonyl (C=O) groups excluding carboxylic acids is 1. The Morgan fingerprint density at radius 3 is 2.56 bits per heavy atom. The number of aromatic carboxylic acids is 1. The third kappa shape index (κ3) is 5.76. The van der Waals surface area contributed by atoms with Crippen molar-refractivity contribution in [1.82, 2.24) is 4.57 Å². The van der Waals surface area contributed by atoms with Crippen LogP contribution in [0.15, 0.2) is 60.7 Å². The van der Waals surface area contributed by atoms with Gasteiger partial charge in [-0.15, -0.1) is 0 Å². The van der Waals surface area contributed by atoms with Crippen LogP contribution in [0.5, 0.6) is 11.5 Å². The summed E-state index contributed by atoms with van der Waals surface area (Å²) in [6, 6.07) is 17.9. The highest BCUT2D eigenvalue weighted by Crippen LogP contribution is 2.33. The number of rotatable bonds is 9. The largest absolute Gasteiger partial charge is 0.507 e. The molecule has 0 saturated carbocycles. The van der Waals surface area contributed by atoms with E-state index in [1.54, 1.807) is 18.2 Å². The standard InChI is InChI=1S/C27H24ClIN2O5/c1-31-21(26(29)18-13-19(27(34)35)23(32)14-22(18)31)8-5-9-25(33)30-17-10-11-24(20(28)12-17)36-15-16-6-3-2-4-7-16/h2-4,6-7,10-14,32H,5,8-9,15H2,1H3,(H,30,33)(H,34,35). The molecule has 0 aliphatic rings. The Kier molecular flexibility index (Phi) is 8.05. The number of aromatic hydroxyl groups is 1. The highest BCUT2D eigenvalue weighted by Gasteiger charge is 2.18. The number of halogens is 2. The number of phenols is 1. The van der Waals surface area contributed by atoms with Crippen LogP contribution in [0.25, 0.3) is 10.9 Å². The molecule has 0 aliphatic carbocycles. The Balaban J connectivity index is 1.35. The Labute approximate surface area is 226 Å². The molecule has 1 aromatic heterocycles. The second-order valence-electron chi connectivity index (χ2n) is 8.33. The number of ether oxygens (including phenoxy) is 1. The highest BCUT2D eigenvalue weighted by molar-refractivity contribution is 14.1. The molecule has 3 aromatic carbocycles. The molecular formula is C27H24ClIN2O5. The van der Waals surface area contributed by atoms with Crippen molar-refractivity contribution in [2.24, 2.45) is 7.05 Å². The number of aryl methyl sites for hydroxylation is 1. The molecule has 9 heteroatoms. The number of carboxylic acid groups (broad SMARTS) is 1. The lowest BCUT2D eigenvalue weighted by Gasteiger charge is -2.11. The molecule has 36 heavy (non-hydrogen) atoms. The van der Waals surface area contributed by atoms with Gasteiger partial charge in [0.05, 0.1) is 10.5 Å². The van der Waals surface area contributed by atoms with Gasteiger partial charge >= 0.3 is 5.97 Å². The third-order valence-electron chi connectivity index (χ3n) is 5.87. The topological polar surface area (TPSA) is 101 Å². The molecular weight excluding hydrogens is 595 g/mol. The van der Waals surface area contributed by atoms with Gasteiger partial charge in [-0.25, -0.2) is 4.79 Å². The maximum absolute atomic E-state index is 12.5. The lowest BCUT2D eigenvalue weighted by atomic mass is 10.1. The molecule has 4 aromatic rings. The quantitative estimate of drug-likeness (QED) is 0.189. The van der Waals surface area contributed by atoms with E-state index in [9.17, 15) is 19.8 Å². The van der Waals surface area contributed by atoms with Crippen molar-refractivity contribution in [2.75, 3.05) is 5.32 Å². The molecule has 0 atom stereocenters. The maximum atomic E-state index is 12.5. The Morgan fingerprint density at radius 1 is 1.11 bits per heavy atom. The Hall–Kier alpha value is -3.24. The fourth-order valence-electron chi connectivity index (χ4n) is 4.00. The number of benzene rings is 3. The van der Waals surface area contributed by atoms with E-state index in [0.29, 0.717) is 42.3 Å². The van der Waals surface area contributed by atoms with Gasteiger partial charge in [0, 0.05) is 39.9 Å². The van der Waals surface area contributed by atoms with E-state index in [-0.39, 0.29) is 17.2 Å². The van der Waals surface area contributed by atoms with Crippen molar-refractivity contribution in [1.29, 1.82) is 0 Å². The molecule has 0 saturated heterocycles. The van der Waals surface area contributed by atoms with Crippen LogP contribution in [0.4, 0.5) is 5.69 Å². The normalized spacial score (nSPS) is 11.0. The SMILES string of the molecule is Cn1c(CCCC(=O)Nc2ccc(OCc3ccccc3)c(Cl)c2)c(I)c2cc(C(=O)O)c(O)cc21. The summed E-state index contributed by atoms with van der Waals surface area (Å²) in [5.41, 5.74) is 3.21. The number of amides is 1. The second-order valence-corrected chi connectivity index (χ2v) is 9.82. The number of hydrogen-bond donors (Lipinski definition) is 3. The van der Waals surface area contributed by atoms with E-state index in [2.05, 4.69) is 27.9 Å². The molecule has 0 aliphatic heterocycles. The number of carboxylic acids is 1. The molecule has 4 rings (SSSR count). The number of aromatic nitrogens is 1. The van der Waals surface area contributed by atoms with Crippen LogP contribution in [-0.2, 0) is 24.9 Å². The summed E-state index contributed by atoms with van der Waals surface area (Å²) in [6.07, 6.45) is 1.51. The average molecular weight is 619 g/mol. The summed E-state index contributed by atoms with van der Waals surface area (Å²) in [6.45, 7) is 0.399. The van der Waals surface area contributed by atoms with E-state index >= 15 is 0 Å². The van der Waals surface area contributed by atoms with Crippen molar-refractivity contribution in [3.63, 3.8) is 0 Å². The number of anilines is 1. The zero-order chi connectivity index (χ0) is 25.8. The smallest absolute Gasteiger partial charge is 0.339 e. The van der Waals surface area contributed by atoms with Crippen LogP contribution in [-0.4, -0.2) is 26.7 Å². The summed E-state index contributed by atoms with van der Waals surface area (Å²) < 4.78 is 8.61. The first-order valence-electron chi connectivity index (χ1n) is 11.2. The molecule has 1 heterocycles. The van der Waals surface area contributed by atoms with E-state index in [1.807, 2.05) is 41.9 Å². The number of fused-ring (bicyclic) bond motifs is 1. The van der Waals surface area contributed by atoms with E-state index < -0.39 is 5.97 Å². The van der Waals surface area contributed by atoms with Gasteiger partial charge in [0.25, 0.3) is 0 Å². The lowest BCUT2D eigenvalue weighted by molar-refractivity contribution is -0.116. The van der Waals surface area contributed by atoms with Crippen LogP contribution >= 0.6 is 34.2 Å². The van der Waals surface area contributed by atoms with Gasteiger partial charge in [-0.2, -0.15) is 0 Å². The van der Waals surface area contributed by atoms with Gasteiger partial charge in [-0.3, -0.25) is 4.79 Å². The van der Waals surface area contributed by atoms with Crippen molar-refractivity contribution in [3.05, 3.63) is 86.1 Å². The molecule has 3 N–H and O–H groups in total. The van der Waals surface area contributed by atoms with Gasteiger partial charge in [-0.1, -0.05) is 41.9 Å². The van der Waals surface area contributed by atoms with Crippen molar-refractivity contribution in [3.8, 4) is 11.5 Å². The summed E-state index contributed by atoms with van der Waals surface area (Å²) in [7, 11) is 1.86. The molecule has 0 fully saturated rings. The maximum Gasteiger partial charge on any atom is 0.339 e. The molecule has 186 valence electrons. The van der Waals surface area contributed by atoms with Crippen molar-refractivity contribution >= 4 is 62.7 Å². The summed E-state index contributed by atoms with van der Waals surface area (Å²) in [5.74, 6) is -1.04. The zero-order valence-electron chi connectivity index (χ0n) is 19.4. The van der Waals surface area contributed by atoms with Crippen molar-refractivity contribution in [2.45, 2.75) is 25.9 Å². The van der Waals surface area contributed by atoms with Gasteiger partial charge in [0.2, 0.25) is 5.91 Å². The number of nitrogens with zero attached hydrogens (tertiary/aromatic N) is 1.